The van der Waals surface area contributed by atoms with Crippen LogP contribution in [0.5, 0.6) is 0 Å². The van der Waals surface area contributed by atoms with Gasteiger partial charge in [-0.15, -0.1) is 0 Å². The van der Waals surface area contributed by atoms with Gasteiger partial charge in [-0.1, -0.05) is 31.2 Å². The van der Waals surface area contributed by atoms with Crippen LogP contribution in [-0.4, -0.2) is 11.1 Å². The molecule has 1 saturated carbocycles. The Morgan fingerprint density at radius 1 is 1.50 bits per heavy atom. The third-order valence-corrected chi connectivity index (χ3v) is 3.30. The normalized spacial score (nSPS) is 30.0. The van der Waals surface area contributed by atoms with E-state index in [9.17, 15) is 4.79 Å². The van der Waals surface area contributed by atoms with Gasteiger partial charge >= 0.3 is 5.97 Å². The van der Waals surface area contributed by atoms with Crippen LogP contribution in [-0.2, 0) is 10.2 Å². The molecule has 0 amide bonds. The van der Waals surface area contributed by atoms with Gasteiger partial charge in [0.25, 0.3) is 0 Å². The Hall–Kier alpha value is -1.31. The van der Waals surface area contributed by atoms with Crippen molar-refractivity contribution in [3.05, 3.63) is 35.4 Å². The molecule has 2 atom stereocenters. The lowest BCUT2D eigenvalue weighted by molar-refractivity contribution is -0.138. The Kier molecular flexibility index (Phi) is 1.88. The summed E-state index contributed by atoms with van der Waals surface area (Å²) in [6, 6.07) is 8.04. The molecule has 0 radical (unpaired) electrons. The minimum atomic E-state index is -0.671. The van der Waals surface area contributed by atoms with Crippen LogP contribution >= 0.6 is 0 Å². The Bertz CT molecular complexity index is 384. The van der Waals surface area contributed by atoms with E-state index in [0.29, 0.717) is 0 Å². The summed E-state index contributed by atoms with van der Waals surface area (Å²) < 4.78 is 0. The van der Waals surface area contributed by atoms with Gasteiger partial charge in [0.2, 0.25) is 0 Å². The lowest BCUT2D eigenvalue weighted by Crippen LogP contribution is -2.12. The van der Waals surface area contributed by atoms with Crippen LogP contribution in [0.4, 0.5) is 0 Å². The van der Waals surface area contributed by atoms with E-state index in [1.807, 2.05) is 38.1 Å². The van der Waals surface area contributed by atoms with E-state index in [-0.39, 0.29) is 11.3 Å². The molecule has 2 nitrogen and oxygen atoms in total. The van der Waals surface area contributed by atoms with Gasteiger partial charge in [0, 0.05) is 5.41 Å². The van der Waals surface area contributed by atoms with Gasteiger partial charge in [-0.05, 0) is 24.5 Å². The number of hydrogen-bond acceptors (Lipinski definition) is 1. The van der Waals surface area contributed by atoms with Gasteiger partial charge in [-0.2, -0.15) is 0 Å². The second-order valence-corrected chi connectivity index (χ2v) is 4.33. The standard InChI is InChI=1S/C12H14O2/c1-8-5-3-4-6-9(8)12(2)7-10(12)11(13)14/h3-6,10H,7H2,1-2H3,(H,13,14)/t10-,12+/m0/s1. The fourth-order valence-corrected chi connectivity index (χ4v) is 2.24. The Balaban J connectivity index is 2.34. The minimum absolute atomic E-state index is 0.128. The van der Waals surface area contributed by atoms with Gasteiger partial charge in [0.1, 0.15) is 0 Å². The minimum Gasteiger partial charge on any atom is -0.481 e. The number of hydrogen-bond donors (Lipinski definition) is 1. The van der Waals surface area contributed by atoms with E-state index in [0.717, 1.165) is 6.42 Å². The summed E-state index contributed by atoms with van der Waals surface area (Å²) in [4.78, 5) is 10.9. The van der Waals surface area contributed by atoms with Crippen LogP contribution in [0, 0.1) is 12.8 Å². The molecule has 2 heteroatoms. The molecule has 1 N–H and O–H groups in total. The summed E-state index contributed by atoms with van der Waals surface area (Å²) in [7, 11) is 0. The average Bonchev–Trinajstić information content (AvgIpc) is 2.80. The van der Waals surface area contributed by atoms with Crippen molar-refractivity contribution in [2.45, 2.75) is 25.7 Å². The number of carbonyl (C=O) groups is 1. The molecular weight excluding hydrogens is 176 g/mol. The number of carboxylic acid groups (broad SMARTS) is 1. The SMILES string of the molecule is Cc1ccccc1[C@@]1(C)C[C@H]1C(=O)O. The zero-order chi connectivity index (χ0) is 10.3. The van der Waals surface area contributed by atoms with E-state index in [2.05, 4.69) is 0 Å². The van der Waals surface area contributed by atoms with Crippen molar-refractivity contribution in [2.75, 3.05) is 0 Å². The Morgan fingerprint density at radius 2 is 2.14 bits per heavy atom. The van der Waals surface area contributed by atoms with Crippen molar-refractivity contribution < 1.29 is 9.90 Å². The van der Waals surface area contributed by atoms with Gasteiger partial charge in [-0.25, -0.2) is 0 Å². The van der Waals surface area contributed by atoms with E-state index in [4.69, 9.17) is 5.11 Å². The third kappa shape index (κ3) is 1.22. The maximum atomic E-state index is 10.9. The molecule has 1 aliphatic carbocycles. The predicted octanol–water partition coefficient (Wildman–Crippen LogP) is 2.36. The molecule has 0 aromatic heterocycles. The Labute approximate surface area is 83.6 Å². The number of rotatable bonds is 2. The zero-order valence-electron chi connectivity index (χ0n) is 8.45. The first kappa shape index (κ1) is 9.25. The van der Waals surface area contributed by atoms with Crippen molar-refractivity contribution >= 4 is 5.97 Å². The molecule has 1 aliphatic rings. The first-order valence-corrected chi connectivity index (χ1v) is 4.84. The molecule has 0 spiro atoms. The number of carboxylic acids is 1. The van der Waals surface area contributed by atoms with Crippen LogP contribution in [0.1, 0.15) is 24.5 Å². The highest BCUT2D eigenvalue weighted by Crippen LogP contribution is 2.54. The molecule has 0 saturated heterocycles. The summed E-state index contributed by atoms with van der Waals surface area (Å²) in [5, 5.41) is 8.94. The topological polar surface area (TPSA) is 37.3 Å². The molecule has 2 rings (SSSR count). The second-order valence-electron chi connectivity index (χ2n) is 4.33. The highest BCUT2D eigenvalue weighted by atomic mass is 16.4. The van der Waals surface area contributed by atoms with Crippen molar-refractivity contribution in [1.29, 1.82) is 0 Å². The van der Waals surface area contributed by atoms with Gasteiger partial charge in [0.15, 0.2) is 0 Å². The molecule has 1 aromatic rings. The van der Waals surface area contributed by atoms with Crippen LogP contribution in [0.2, 0.25) is 0 Å². The molecular formula is C12H14O2. The lowest BCUT2D eigenvalue weighted by Gasteiger charge is -2.13. The first-order valence-electron chi connectivity index (χ1n) is 4.84. The second kappa shape index (κ2) is 2.84. The molecule has 0 heterocycles. The van der Waals surface area contributed by atoms with E-state index >= 15 is 0 Å². The van der Waals surface area contributed by atoms with Crippen molar-refractivity contribution in [1.82, 2.24) is 0 Å². The van der Waals surface area contributed by atoms with Gasteiger partial charge < -0.3 is 5.11 Å². The molecule has 0 aliphatic heterocycles. The molecule has 74 valence electrons. The fourth-order valence-electron chi connectivity index (χ4n) is 2.24. The Morgan fingerprint density at radius 3 is 2.64 bits per heavy atom. The van der Waals surface area contributed by atoms with E-state index in [1.54, 1.807) is 0 Å². The third-order valence-electron chi connectivity index (χ3n) is 3.30. The fraction of sp³-hybridized carbons (Fsp3) is 0.417. The summed E-state index contributed by atoms with van der Waals surface area (Å²) in [5.74, 6) is -0.862. The summed E-state index contributed by atoms with van der Waals surface area (Å²) in [5.41, 5.74) is 2.25. The zero-order valence-corrected chi connectivity index (χ0v) is 8.45. The molecule has 0 unspecified atom stereocenters. The maximum Gasteiger partial charge on any atom is 0.307 e. The maximum absolute atomic E-state index is 10.9. The average molecular weight is 190 g/mol. The first-order chi connectivity index (χ1) is 6.55. The van der Waals surface area contributed by atoms with E-state index in [1.165, 1.54) is 11.1 Å². The molecule has 14 heavy (non-hydrogen) atoms. The van der Waals surface area contributed by atoms with Crippen LogP contribution in [0.15, 0.2) is 24.3 Å². The number of aryl methyl sites for hydroxylation is 1. The lowest BCUT2D eigenvalue weighted by atomic mass is 9.91. The van der Waals surface area contributed by atoms with Gasteiger partial charge in [0.05, 0.1) is 5.92 Å². The highest BCUT2D eigenvalue weighted by molar-refractivity contribution is 5.77. The van der Waals surface area contributed by atoms with Crippen molar-refractivity contribution in [2.24, 2.45) is 5.92 Å². The van der Waals surface area contributed by atoms with Crippen LogP contribution < -0.4 is 0 Å². The predicted molar refractivity (Wildman–Crippen MR) is 54.3 cm³/mol. The van der Waals surface area contributed by atoms with Crippen molar-refractivity contribution in [3.8, 4) is 0 Å². The number of benzene rings is 1. The summed E-state index contributed by atoms with van der Waals surface area (Å²) in [6.45, 7) is 4.08. The monoisotopic (exact) mass is 190 g/mol. The quantitative estimate of drug-likeness (QED) is 0.777. The van der Waals surface area contributed by atoms with Crippen molar-refractivity contribution in [3.63, 3.8) is 0 Å². The summed E-state index contributed by atoms with van der Waals surface area (Å²) in [6.07, 6.45) is 0.771. The highest BCUT2D eigenvalue weighted by Gasteiger charge is 2.56. The molecule has 1 fully saturated rings. The molecule has 0 bridgehead atoms. The largest absolute Gasteiger partial charge is 0.481 e. The van der Waals surface area contributed by atoms with E-state index < -0.39 is 5.97 Å². The van der Waals surface area contributed by atoms with Gasteiger partial charge in [-0.3, -0.25) is 4.79 Å². The summed E-state index contributed by atoms with van der Waals surface area (Å²) >= 11 is 0. The smallest absolute Gasteiger partial charge is 0.307 e. The molecule has 1 aromatic carbocycles. The van der Waals surface area contributed by atoms with Crippen LogP contribution in [0.25, 0.3) is 0 Å². The number of aliphatic carboxylic acids is 1. The van der Waals surface area contributed by atoms with Crippen LogP contribution in [0.3, 0.4) is 0 Å².